The number of aromatic amines is 1. The fourth-order valence-corrected chi connectivity index (χ4v) is 3.71. The summed E-state index contributed by atoms with van der Waals surface area (Å²) in [5, 5.41) is 14.9. The van der Waals surface area contributed by atoms with Gasteiger partial charge in [-0.05, 0) is 43.3 Å². The molecule has 4 rings (SSSR count). The van der Waals surface area contributed by atoms with E-state index in [1.165, 1.54) is 23.0 Å². The van der Waals surface area contributed by atoms with E-state index in [9.17, 15) is 13.2 Å². The molecule has 0 bridgehead atoms. The predicted molar refractivity (Wildman–Crippen MR) is 126 cm³/mol. The number of para-hydroxylation sites is 1. The van der Waals surface area contributed by atoms with Gasteiger partial charge in [0.1, 0.15) is 5.69 Å². The van der Waals surface area contributed by atoms with Crippen molar-refractivity contribution in [2.75, 3.05) is 0 Å². The summed E-state index contributed by atoms with van der Waals surface area (Å²) in [6.45, 7) is 1.86. The van der Waals surface area contributed by atoms with Crippen LogP contribution in [0.3, 0.4) is 0 Å². The van der Waals surface area contributed by atoms with E-state index in [4.69, 9.17) is 0 Å². The molecule has 33 heavy (non-hydrogen) atoms. The third-order valence-corrected chi connectivity index (χ3v) is 5.87. The quantitative estimate of drug-likeness (QED) is 0.244. The number of aryl methyl sites for hydroxylation is 1. The van der Waals surface area contributed by atoms with Crippen LogP contribution in [0.2, 0.25) is 0 Å². The smallest absolute Gasteiger partial charge is 0.287 e. The Hall–Kier alpha value is -4.31. The molecule has 4 aromatic rings. The van der Waals surface area contributed by atoms with Crippen molar-refractivity contribution >= 4 is 27.6 Å². The molecule has 0 radical (unpaired) electrons. The van der Waals surface area contributed by atoms with Crippen LogP contribution in [-0.2, 0) is 10.0 Å². The molecule has 0 saturated heterocycles. The zero-order valence-electron chi connectivity index (χ0n) is 17.6. The minimum atomic E-state index is -3.87. The number of rotatable bonds is 7. The van der Waals surface area contributed by atoms with Crippen LogP contribution < -0.4 is 10.4 Å². The van der Waals surface area contributed by atoms with Gasteiger partial charge in [0.2, 0.25) is 0 Å². The van der Waals surface area contributed by atoms with E-state index in [2.05, 4.69) is 25.3 Å². The van der Waals surface area contributed by atoms with E-state index in [1.54, 1.807) is 60.7 Å². The monoisotopic (exact) mass is 460 g/mol. The van der Waals surface area contributed by atoms with Crippen LogP contribution in [-0.4, -0.2) is 24.4 Å². The zero-order valence-corrected chi connectivity index (χ0v) is 18.4. The maximum absolute atomic E-state index is 13.0. The molecule has 3 aromatic carbocycles. The summed E-state index contributed by atoms with van der Waals surface area (Å²) in [5.41, 5.74) is 1.80. The number of hydrogen-bond acceptors (Lipinski definition) is 6. The van der Waals surface area contributed by atoms with Gasteiger partial charge in [0.15, 0.2) is 5.69 Å². The van der Waals surface area contributed by atoms with Crippen molar-refractivity contribution in [2.45, 2.75) is 11.8 Å². The van der Waals surface area contributed by atoms with E-state index in [0.29, 0.717) is 11.4 Å². The van der Waals surface area contributed by atoms with Gasteiger partial charge in [-0.2, -0.15) is 18.6 Å². The van der Waals surface area contributed by atoms with Crippen molar-refractivity contribution in [3.05, 3.63) is 107 Å². The first-order valence-corrected chi connectivity index (χ1v) is 11.4. The zero-order chi connectivity index (χ0) is 23.3. The minimum Gasteiger partial charge on any atom is -0.287 e. The molecule has 9 nitrogen and oxygen atoms in total. The maximum atomic E-state index is 13.0. The average Bonchev–Trinajstić information content (AvgIpc) is 3.14. The molecular formula is C23H20N6O3S. The Labute approximate surface area is 190 Å². The molecule has 0 amide bonds. The summed E-state index contributed by atoms with van der Waals surface area (Å²) in [4.78, 5) is 15.2. The second kappa shape index (κ2) is 9.45. The maximum Gasteiger partial charge on any atom is 0.299 e. The number of nitrogens with one attached hydrogen (secondary N) is 2. The highest BCUT2D eigenvalue weighted by Gasteiger charge is 2.15. The highest BCUT2D eigenvalue weighted by molar-refractivity contribution is 7.89. The lowest BCUT2D eigenvalue weighted by Gasteiger charge is -2.03. The Morgan fingerprint density at radius 2 is 1.52 bits per heavy atom. The number of hydrazone groups is 1. The third-order valence-electron chi connectivity index (χ3n) is 4.63. The van der Waals surface area contributed by atoms with Gasteiger partial charge in [-0.15, -0.1) is 5.11 Å². The van der Waals surface area contributed by atoms with Gasteiger partial charge >= 0.3 is 0 Å². The van der Waals surface area contributed by atoms with Crippen molar-refractivity contribution in [2.24, 2.45) is 15.3 Å². The molecule has 2 N–H and O–H groups in total. The minimum absolute atomic E-state index is 0.0130. The van der Waals surface area contributed by atoms with Gasteiger partial charge in [-0.3, -0.25) is 9.89 Å². The summed E-state index contributed by atoms with van der Waals surface area (Å²) >= 11 is 0. The fraction of sp³-hybridized carbons (Fsp3) is 0.0435. The van der Waals surface area contributed by atoms with Crippen LogP contribution in [0.1, 0.15) is 11.3 Å². The fourth-order valence-electron chi connectivity index (χ4n) is 2.92. The van der Waals surface area contributed by atoms with Crippen LogP contribution in [0.5, 0.6) is 0 Å². The van der Waals surface area contributed by atoms with Gasteiger partial charge in [-0.25, -0.2) is 9.51 Å². The van der Waals surface area contributed by atoms with Crippen molar-refractivity contribution < 1.29 is 8.42 Å². The molecule has 0 unspecified atom stereocenters. The lowest BCUT2D eigenvalue weighted by molar-refractivity contribution is 0.584. The number of H-pyrrole nitrogens is 1. The summed E-state index contributed by atoms with van der Waals surface area (Å²) in [6, 6.07) is 24.2. The molecule has 0 saturated carbocycles. The first-order valence-electron chi connectivity index (χ1n) is 9.93. The van der Waals surface area contributed by atoms with Crippen LogP contribution in [0.4, 0.5) is 11.4 Å². The molecule has 0 aliphatic carbocycles. The van der Waals surface area contributed by atoms with E-state index in [-0.39, 0.29) is 16.3 Å². The van der Waals surface area contributed by atoms with E-state index < -0.39 is 15.6 Å². The summed E-state index contributed by atoms with van der Waals surface area (Å²) < 4.78 is 26.2. The summed E-state index contributed by atoms with van der Waals surface area (Å²) in [7, 11) is -3.87. The van der Waals surface area contributed by atoms with Crippen LogP contribution >= 0.6 is 0 Å². The predicted octanol–water partition coefficient (Wildman–Crippen LogP) is 4.20. The van der Waals surface area contributed by atoms with Crippen molar-refractivity contribution in [3.8, 4) is 5.69 Å². The molecule has 0 aliphatic rings. The Morgan fingerprint density at radius 1 is 0.879 bits per heavy atom. The molecule has 0 fully saturated rings. The van der Waals surface area contributed by atoms with Crippen molar-refractivity contribution in [3.63, 3.8) is 0 Å². The van der Waals surface area contributed by atoms with Crippen molar-refractivity contribution in [1.82, 2.24) is 14.6 Å². The Bertz CT molecular complexity index is 1460. The van der Waals surface area contributed by atoms with E-state index >= 15 is 0 Å². The molecule has 1 aromatic heterocycles. The van der Waals surface area contributed by atoms with Gasteiger partial charge in [0, 0.05) is 0 Å². The van der Waals surface area contributed by atoms with Gasteiger partial charge in [0.25, 0.3) is 15.6 Å². The Kier molecular flexibility index (Phi) is 6.27. The molecule has 0 atom stereocenters. The van der Waals surface area contributed by atoms with Gasteiger partial charge in [0.05, 0.1) is 22.5 Å². The first-order chi connectivity index (χ1) is 15.9. The highest BCUT2D eigenvalue weighted by Crippen LogP contribution is 2.18. The van der Waals surface area contributed by atoms with Crippen molar-refractivity contribution in [1.29, 1.82) is 0 Å². The lowest BCUT2D eigenvalue weighted by atomic mass is 10.2. The standard InChI is InChI=1S/C23H20N6O3S/c1-17-12-14-20(15-13-17)33(31,32)28-24-16-21-22(26-25-18-8-4-2-5-9-18)23(30)29(27-21)19-10-6-3-7-11-19/h2-16,27-28H,1H3. The number of hydrogen-bond donors (Lipinski definition) is 2. The second-order valence-electron chi connectivity index (χ2n) is 7.05. The first kappa shape index (κ1) is 21.9. The number of azo groups is 1. The topological polar surface area (TPSA) is 121 Å². The molecular weight excluding hydrogens is 440 g/mol. The average molecular weight is 461 g/mol. The number of benzene rings is 3. The number of aromatic nitrogens is 2. The van der Waals surface area contributed by atoms with E-state index in [0.717, 1.165) is 5.56 Å². The number of nitrogens with zero attached hydrogens (tertiary/aromatic N) is 4. The molecule has 166 valence electrons. The SMILES string of the molecule is Cc1ccc(S(=O)(=O)NN=Cc2[nH]n(-c3ccccc3)c(=O)c2N=Nc2ccccc2)cc1. The molecule has 0 aliphatic heterocycles. The van der Waals surface area contributed by atoms with Gasteiger partial charge in [-0.1, -0.05) is 54.1 Å². The molecule has 1 heterocycles. The summed E-state index contributed by atoms with van der Waals surface area (Å²) in [5.74, 6) is 0. The van der Waals surface area contributed by atoms with Crippen LogP contribution in [0.15, 0.2) is 110 Å². The molecule has 0 spiro atoms. The van der Waals surface area contributed by atoms with Gasteiger partial charge < -0.3 is 0 Å². The summed E-state index contributed by atoms with van der Waals surface area (Å²) in [6.07, 6.45) is 1.19. The lowest BCUT2D eigenvalue weighted by Crippen LogP contribution is -2.18. The third kappa shape index (κ3) is 5.13. The Morgan fingerprint density at radius 3 is 2.18 bits per heavy atom. The van der Waals surface area contributed by atoms with E-state index in [1.807, 2.05) is 19.1 Å². The molecule has 10 heteroatoms. The van der Waals surface area contributed by atoms with Crippen LogP contribution in [0, 0.1) is 6.92 Å². The number of sulfonamides is 1. The normalized spacial score (nSPS) is 11.9. The Balaban J connectivity index is 1.68. The van der Waals surface area contributed by atoms with Crippen LogP contribution in [0.25, 0.3) is 5.69 Å². The highest BCUT2D eigenvalue weighted by atomic mass is 32.2. The largest absolute Gasteiger partial charge is 0.299 e. The second-order valence-corrected chi connectivity index (χ2v) is 8.71.